The summed E-state index contributed by atoms with van der Waals surface area (Å²) in [6.07, 6.45) is 1.38. The van der Waals surface area contributed by atoms with Gasteiger partial charge < -0.3 is 0 Å². The van der Waals surface area contributed by atoms with Crippen LogP contribution in [0.15, 0.2) is 0 Å². The van der Waals surface area contributed by atoms with Crippen LogP contribution >= 0.6 is 12.0 Å². The van der Waals surface area contributed by atoms with Crippen molar-refractivity contribution in [2.24, 2.45) is 0 Å². The zero-order chi connectivity index (χ0) is 5.91. The van der Waals surface area contributed by atoms with Crippen LogP contribution in [0.25, 0.3) is 0 Å². The van der Waals surface area contributed by atoms with Crippen molar-refractivity contribution in [2.75, 3.05) is 6.26 Å². The molecule has 0 aliphatic carbocycles. The summed E-state index contributed by atoms with van der Waals surface area (Å²) in [5.41, 5.74) is 0. The van der Waals surface area contributed by atoms with Gasteiger partial charge in [0.05, 0.1) is 0 Å². The van der Waals surface area contributed by atoms with Gasteiger partial charge in [-0.05, 0) is 0 Å². The monoisotopic (exact) mass is 144 g/mol. The lowest BCUT2D eigenvalue weighted by Crippen LogP contribution is -1.95. The van der Waals surface area contributed by atoms with E-state index in [4.69, 9.17) is 4.55 Å². The maximum atomic E-state index is 9.54. The normalized spacial score (nSPS) is 11.7. The number of rotatable bonds is 2. The summed E-state index contributed by atoms with van der Waals surface area (Å²) in [5.74, 6) is 0. The predicted molar refractivity (Wildman–Crippen MR) is 26.1 cm³/mol. The molecule has 0 saturated carbocycles. The molecule has 1 N–H and O–H groups in total. The Labute approximate surface area is 46.0 Å². The maximum Gasteiger partial charge on any atom is 0.408 e. The van der Waals surface area contributed by atoms with Crippen LogP contribution in [0.5, 0.6) is 0 Å². The van der Waals surface area contributed by atoms with E-state index in [9.17, 15) is 8.42 Å². The van der Waals surface area contributed by atoms with Gasteiger partial charge in [0.25, 0.3) is 0 Å². The lowest BCUT2D eigenvalue weighted by atomic mass is 12.0. The molecule has 6 heteroatoms. The second kappa shape index (κ2) is 2.51. The number of hydrogen-bond donors (Lipinski definition) is 1. The minimum absolute atomic E-state index is 0.571. The molecule has 0 spiro atoms. The standard InChI is InChI=1S/CH4O4S2/c1-6-5-7(2,3)4/h1H3,(H,2,3,4). The van der Waals surface area contributed by atoms with Gasteiger partial charge in [-0.15, -0.1) is 0 Å². The quantitative estimate of drug-likeness (QED) is 0.439. The summed E-state index contributed by atoms with van der Waals surface area (Å²) < 4.78 is 30.5. The van der Waals surface area contributed by atoms with Gasteiger partial charge in [0, 0.05) is 18.3 Å². The minimum atomic E-state index is -4.21. The topological polar surface area (TPSA) is 63.6 Å². The molecule has 4 nitrogen and oxygen atoms in total. The molecule has 0 aliphatic rings. The molecule has 0 aliphatic heterocycles. The first kappa shape index (κ1) is 7.22. The van der Waals surface area contributed by atoms with E-state index in [1.807, 2.05) is 0 Å². The lowest BCUT2D eigenvalue weighted by Gasteiger charge is -1.86. The zero-order valence-corrected chi connectivity index (χ0v) is 5.12. The Balaban J connectivity index is 3.60. The second-order valence-electron chi connectivity index (χ2n) is 0.662. The predicted octanol–water partition coefficient (Wildman–Crippen LogP) is 0.0838. The second-order valence-corrected chi connectivity index (χ2v) is 2.40. The van der Waals surface area contributed by atoms with Gasteiger partial charge in [-0.1, -0.05) is 0 Å². The van der Waals surface area contributed by atoms with Crippen LogP contribution < -0.4 is 0 Å². The first-order valence-corrected chi connectivity index (χ1v) is 3.77. The lowest BCUT2D eigenvalue weighted by molar-refractivity contribution is 0.408. The van der Waals surface area contributed by atoms with Crippen molar-refractivity contribution in [1.82, 2.24) is 0 Å². The zero-order valence-electron chi connectivity index (χ0n) is 3.49. The Morgan fingerprint density at radius 3 is 2.14 bits per heavy atom. The van der Waals surface area contributed by atoms with E-state index in [-0.39, 0.29) is 0 Å². The van der Waals surface area contributed by atoms with Gasteiger partial charge in [0.1, 0.15) is 0 Å². The van der Waals surface area contributed by atoms with Crippen molar-refractivity contribution in [2.45, 2.75) is 0 Å². The summed E-state index contributed by atoms with van der Waals surface area (Å²) >= 11 is 0.571. The van der Waals surface area contributed by atoms with Crippen LogP contribution in [-0.4, -0.2) is 19.2 Å². The molecule has 0 unspecified atom stereocenters. The third kappa shape index (κ3) is 6.22. The highest BCUT2D eigenvalue weighted by Crippen LogP contribution is 1.98. The van der Waals surface area contributed by atoms with Crippen molar-refractivity contribution < 1.29 is 16.6 Å². The molecule has 0 rings (SSSR count). The summed E-state index contributed by atoms with van der Waals surface area (Å²) in [4.78, 5) is 0. The molecule has 0 aromatic carbocycles. The van der Waals surface area contributed by atoms with Crippen molar-refractivity contribution >= 4 is 22.4 Å². The highest BCUT2D eigenvalue weighted by molar-refractivity contribution is 8.02. The smallest absolute Gasteiger partial charge is 0.263 e. The Kier molecular flexibility index (Phi) is 2.59. The molecule has 0 bridgehead atoms. The highest BCUT2D eigenvalue weighted by Gasteiger charge is 1.99. The minimum Gasteiger partial charge on any atom is -0.263 e. The van der Waals surface area contributed by atoms with Crippen molar-refractivity contribution in [3.05, 3.63) is 0 Å². The first-order valence-electron chi connectivity index (χ1n) is 1.26. The molecule has 0 atom stereocenters. The van der Waals surface area contributed by atoms with Crippen LogP contribution in [0.2, 0.25) is 0 Å². The summed E-state index contributed by atoms with van der Waals surface area (Å²) in [5, 5.41) is 0. The molecular weight excluding hydrogens is 140 g/mol. The van der Waals surface area contributed by atoms with Crippen LogP contribution in [-0.2, 0) is 14.0 Å². The van der Waals surface area contributed by atoms with E-state index in [2.05, 4.69) is 3.63 Å². The van der Waals surface area contributed by atoms with Gasteiger partial charge in [-0.2, -0.15) is 12.0 Å². The molecule has 0 radical (unpaired) electrons. The fraction of sp³-hybridized carbons (Fsp3) is 1.00. The Morgan fingerprint density at radius 2 is 2.14 bits per heavy atom. The Bertz CT molecular complexity index is 123. The van der Waals surface area contributed by atoms with Crippen LogP contribution in [0.3, 0.4) is 0 Å². The molecule has 0 amide bonds. The van der Waals surface area contributed by atoms with Crippen molar-refractivity contribution in [1.29, 1.82) is 0 Å². The van der Waals surface area contributed by atoms with Gasteiger partial charge in [0.2, 0.25) is 0 Å². The SMILES string of the molecule is CSOS(=O)(=O)O. The van der Waals surface area contributed by atoms with E-state index in [0.717, 1.165) is 0 Å². The molecule has 0 fully saturated rings. The van der Waals surface area contributed by atoms with Gasteiger partial charge in [-0.3, -0.25) is 4.55 Å². The van der Waals surface area contributed by atoms with Crippen LogP contribution in [0.4, 0.5) is 0 Å². The van der Waals surface area contributed by atoms with E-state index >= 15 is 0 Å². The third-order valence-electron chi connectivity index (χ3n) is 0.154. The van der Waals surface area contributed by atoms with E-state index in [1.165, 1.54) is 6.26 Å². The molecule has 0 heterocycles. The van der Waals surface area contributed by atoms with Crippen LogP contribution in [0.1, 0.15) is 0 Å². The fourth-order valence-corrected chi connectivity index (χ4v) is 0.774. The number of hydrogen-bond acceptors (Lipinski definition) is 4. The molecule has 0 aromatic heterocycles. The molecule has 7 heavy (non-hydrogen) atoms. The summed E-state index contributed by atoms with van der Waals surface area (Å²) in [7, 11) is -4.21. The van der Waals surface area contributed by atoms with E-state index in [0.29, 0.717) is 12.0 Å². The van der Waals surface area contributed by atoms with Crippen LogP contribution in [0, 0.1) is 0 Å². The molecule has 0 saturated heterocycles. The van der Waals surface area contributed by atoms with E-state index < -0.39 is 10.4 Å². The average Bonchev–Trinajstić information content (AvgIpc) is 1.30. The molecule has 44 valence electrons. The van der Waals surface area contributed by atoms with Crippen molar-refractivity contribution in [3.63, 3.8) is 0 Å². The van der Waals surface area contributed by atoms with Gasteiger partial charge in [-0.25, -0.2) is 0 Å². The average molecular weight is 144 g/mol. The maximum absolute atomic E-state index is 9.54. The summed E-state index contributed by atoms with van der Waals surface area (Å²) in [6.45, 7) is 0. The van der Waals surface area contributed by atoms with Gasteiger partial charge >= 0.3 is 10.4 Å². The highest BCUT2D eigenvalue weighted by atomic mass is 32.3. The Hall–Kier alpha value is 0.220. The first-order chi connectivity index (χ1) is 3.06. The Morgan fingerprint density at radius 1 is 1.71 bits per heavy atom. The van der Waals surface area contributed by atoms with Crippen molar-refractivity contribution in [3.8, 4) is 0 Å². The summed E-state index contributed by atoms with van der Waals surface area (Å²) in [6, 6.07) is 0. The van der Waals surface area contributed by atoms with E-state index in [1.54, 1.807) is 0 Å². The largest absolute Gasteiger partial charge is 0.408 e. The van der Waals surface area contributed by atoms with Gasteiger partial charge in [0.15, 0.2) is 0 Å². The third-order valence-corrected chi connectivity index (χ3v) is 1.39. The molecular formula is CH4O4S2. The molecule has 0 aromatic rings. The fourth-order valence-electron chi connectivity index (χ4n) is 0.0860.